The number of aryl methyl sites for hydroxylation is 2. The van der Waals surface area contributed by atoms with Crippen molar-refractivity contribution < 1.29 is 4.52 Å². The number of nitrogens with zero attached hydrogens (tertiary/aromatic N) is 3. The van der Waals surface area contributed by atoms with Crippen molar-refractivity contribution in [1.29, 1.82) is 0 Å². The molecule has 0 radical (unpaired) electrons. The number of rotatable bonds is 4. The number of hydrogen-bond acceptors (Lipinski definition) is 5. The summed E-state index contributed by atoms with van der Waals surface area (Å²) in [6.07, 6.45) is 0. The highest BCUT2D eigenvalue weighted by molar-refractivity contribution is 6.30. The number of hydrogen-bond donors (Lipinski definition) is 1. The van der Waals surface area contributed by atoms with Crippen LogP contribution in [0.25, 0.3) is 22.4 Å². The summed E-state index contributed by atoms with van der Waals surface area (Å²) < 4.78 is 5.56. The van der Waals surface area contributed by atoms with E-state index in [0.717, 1.165) is 5.56 Å². The molecule has 0 bridgehead atoms. The molecule has 130 valence electrons. The molecule has 4 rings (SSSR count). The first-order chi connectivity index (χ1) is 12.6. The van der Waals surface area contributed by atoms with Crippen LogP contribution in [0.2, 0.25) is 5.02 Å². The standard InChI is InChI=1S/C20H17ClN4O/c1-12-4-3-5-14(10-12)11-22-20-19-18(23-13(2)24-20)17(25-26-19)15-6-8-16(21)9-7-15/h3-10H,11H2,1-2H3,(H,22,23,24). The predicted octanol–water partition coefficient (Wildman–Crippen LogP) is 5.17. The number of benzene rings is 2. The number of anilines is 1. The topological polar surface area (TPSA) is 63.8 Å². The van der Waals surface area contributed by atoms with Gasteiger partial charge in [0.15, 0.2) is 5.82 Å². The fraction of sp³-hybridized carbons (Fsp3) is 0.150. The highest BCUT2D eigenvalue weighted by Crippen LogP contribution is 2.30. The van der Waals surface area contributed by atoms with Gasteiger partial charge >= 0.3 is 0 Å². The van der Waals surface area contributed by atoms with Crippen LogP contribution >= 0.6 is 11.6 Å². The van der Waals surface area contributed by atoms with Crippen LogP contribution in [0.3, 0.4) is 0 Å². The second kappa shape index (κ2) is 6.77. The Morgan fingerprint density at radius 1 is 1.04 bits per heavy atom. The van der Waals surface area contributed by atoms with E-state index < -0.39 is 0 Å². The van der Waals surface area contributed by atoms with E-state index in [4.69, 9.17) is 16.1 Å². The summed E-state index contributed by atoms with van der Waals surface area (Å²) in [7, 11) is 0. The normalized spacial score (nSPS) is 11.0. The third-order valence-corrected chi connectivity index (χ3v) is 4.34. The molecule has 0 spiro atoms. The molecule has 1 N–H and O–H groups in total. The highest BCUT2D eigenvalue weighted by Gasteiger charge is 2.17. The number of aromatic nitrogens is 3. The quantitative estimate of drug-likeness (QED) is 0.541. The second-order valence-corrected chi connectivity index (χ2v) is 6.61. The van der Waals surface area contributed by atoms with Crippen molar-refractivity contribution in [3.63, 3.8) is 0 Å². The van der Waals surface area contributed by atoms with Crippen LogP contribution in [-0.2, 0) is 6.54 Å². The number of halogens is 1. The van der Waals surface area contributed by atoms with Gasteiger partial charge in [0.2, 0.25) is 5.58 Å². The minimum Gasteiger partial charge on any atom is -0.363 e. The molecule has 0 aliphatic rings. The van der Waals surface area contributed by atoms with E-state index in [9.17, 15) is 0 Å². The van der Waals surface area contributed by atoms with E-state index >= 15 is 0 Å². The van der Waals surface area contributed by atoms with Crippen molar-refractivity contribution in [2.75, 3.05) is 5.32 Å². The molecule has 0 amide bonds. The average molecular weight is 365 g/mol. The Bertz CT molecular complexity index is 1070. The molecule has 2 heterocycles. The Balaban J connectivity index is 1.71. The molecule has 0 aliphatic heterocycles. The van der Waals surface area contributed by atoms with Gasteiger partial charge in [-0.25, -0.2) is 9.97 Å². The summed E-state index contributed by atoms with van der Waals surface area (Å²) in [6, 6.07) is 15.8. The molecule has 5 nitrogen and oxygen atoms in total. The SMILES string of the molecule is Cc1cccc(CNc2nc(C)nc3c(-c4ccc(Cl)cc4)noc23)c1. The maximum atomic E-state index is 5.97. The first-order valence-corrected chi connectivity index (χ1v) is 8.67. The summed E-state index contributed by atoms with van der Waals surface area (Å²) in [5.74, 6) is 1.30. The zero-order chi connectivity index (χ0) is 18.1. The lowest BCUT2D eigenvalue weighted by atomic mass is 10.1. The molecular formula is C20H17ClN4O. The maximum Gasteiger partial charge on any atom is 0.228 e. The predicted molar refractivity (Wildman–Crippen MR) is 103 cm³/mol. The summed E-state index contributed by atoms with van der Waals surface area (Å²) in [4.78, 5) is 9.01. The van der Waals surface area contributed by atoms with E-state index in [2.05, 4.69) is 45.6 Å². The van der Waals surface area contributed by atoms with E-state index in [1.54, 1.807) is 0 Å². The molecule has 26 heavy (non-hydrogen) atoms. The fourth-order valence-electron chi connectivity index (χ4n) is 2.87. The van der Waals surface area contributed by atoms with Gasteiger partial charge in [-0.2, -0.15) is 0 Å². The van der Waals surface area contributed by atoms with E-state index in [-0.39, 0.29) is 0 Å². The number of fused-ring (bicyclic) bond motifs is 1. The van der Waals surface area contributed by atoms with E-state index in [1.807, 2.05) is 37.3 Å². The van der Waals surface area contributed by atoms with E-state index in [0.29, 0.717) is 40.0 Å². The molecule has 0 unspecified atom stereocenters. The van der Waals surface area contributed by atoms with E-state index in [1.165, 1.54) is 11.1 Å². The smallest absolute Gasteiger partial charge is 0.228 e. The Labute approximate surface area is 156 Å². The molecule has 0 saturated carbocycles. The van der Waals surface area contributed by atoms with Crippen LogP contribution in [0, 0.1) is 13.8 Å². The Hall–Kier alpha value is -2.92. The van der Waals surface area contributed by atoms with Crippen LogP contribution in [0.5, 0.6) is 0 Å². The van der Waals surface area contributed by atoms with Crippen molar-refractivity contribution in [2.45, 2.75) is 20.4 Å². The second-order valence-electron chi connectivity index (χ2n) is 6.18. The van der Waals surface area contributed by atoms with Crippen molar-refractivity contribution in [1.82, 2.24) is 15.1 Å². The molecule has 2 aromatic heterocycles. The minimum atomic E-state index is 0.549. The Morgan fingerprint density at radius 3 is 2.62 bits per heavy atom. The largest absolute Gasteiger partial charge is 0.363 e. The molecule has 0 saturated heterocycles. The summed E-state index contributed by atoms with van der Waals surface area (Å²) in [6.45, 7) is 4.57. The van der Waals surface area contributed by atoms with Crippen molar-refractivity contribution in [3.05, 3.63) is 70.5 Å². The van der Waals surface area contributed by atoms with Gasteiger partial charge in [0.05, 0.1) is 0 Å². The van der Waals surface area contributed by atoms with Crippen LogP contribution < -0.4 is 5.32 Å². The number of nitrogens with one attached hydrogen (secondary N) is 1. The molecule has 0 atom stereocenters. The zero-order valence-electron chi connectivity index (χ0n) is 14.5. The molecular weight excluding hydrogens is 348 g/mol. The first-order valence-electron chi connectivity index (χ1n) is 8.29. The van der Waals surface area contributed by atoms with Gasteiger partial charge in [-0.05, 0) is 31.5 Å². The van der Waals surface area contributed by atoms with Crippen LogP contribution in [0.1, 0.15) is 17.0 Å². The lowest BCUT2D eigenvalue weighted by Gasteiger charge is -2.07. The third-order valence-electron chi connectivity index (χ3n) is 4.09. The molecule has 4 aromatic rings. The van der Waals surface area contributed by atoms with Gasteiger partial charge in [-0.1, -0.05) is 58.7 Å². The Morgan fingerprint density at radius 2 is 1.85 bits per heavy atom. The molecule has 2 aromatic carbocycles. The zero-order valence-corrected chi connectivity index (χ0v) is 15.2. The van der Waals surface area contributed by atoms with Gasteiger partial charge in [-0.15, -0.1) is 0 Å². The van der Waals surface area contributed by atoms with Gasteiger partial charge in [0, 0.05) is 17.1 Å². The van der Waals surface area contributed by atoms with Crippen molar-refractivity contribution >= 4 is 28.5 Å². The van der Waals surface area contributed by atoms with Crippen molar-refractivity contribution in [3.8, 4) is 11.3 Å². The summed E-state index contributed by atoms with van der Waals surface area (Å²) >= 11 is 5.97. The summed E-state index contributed by atoms with van der Waals surface area (Å²) in [5, 5.41) is 8.22. The lowest BCUT2D eigenvalue weighted by Crippen LogP contribution is -2.03. The molecule has 0 aliphatic carbocycles. The van der Waals surface area contributed by atoms with Gasteiger partial charge in [0.25, 0.3) is 0 Å². The van der Waals surface area contributed by atoms with Crippen molar-refractivity contribution in [2.24, 2.45) is 0 Å². The maximum absolute atomic E-state index is 5.97. The highest BCUT2D eigenvalue weighted by atomic mass is 35.5. The lowest BCUT2D eigenvalue weighted by molar-refractivity contribution is 0.459. The molecule has 6 heteroatoms. The monoisotopic (exact) mass is 364 g/mol. The average Bonchev–Trinajstić information content (AvgIpc) is 3.04. The van der Waals surface area contributed by atoms with Gasteiger partial charge in [-0.3, -0.25) is 0 Å². The molecule has 0 fully saturated rings. The minimum absolute atomic E-state index is 0.549. The van der Waals surface area contributed by atoms with Crippen LogP contribution in [0.4, 0.5) is 5.82 Å². The first kappa shape index (κ1) is 16.5. The van der Waals surface area contributed by atoms with Crippen LogP contribution in [-0.4, -0.2) is 15.1 Å². The third kappa shape index (κ3) is 3.26. The fourth-order valence-corrected chi connectivity index (χ4v) is 2.99. The Kier molecular flexibility index (Phi) is 4.31. The van der Waals surface area contributed by atoms with Gasteiger partial charge < -0.3 is 9.84 Å². The summed E-state index contributed by atoms with van der Waals surface area (Å²) in [5.41, 5.74) is 5.21. The van der Waals surface area contributed by atoms with Gasteiger partial charge in [0.1, 0.15) is 17.0 Å². The van der Waals surface area contributed by atoms with Crippen LogP contribution in [0.15, 0.2) is 53.1 Å².